The van der Waals surface area contributed by atoms with E-state index in [2.05, 4.69) is 28.4 Å². The molecule has 3 amide bonds. The topological polar surface area (TPSA) is 121 Å². The molecule has 0 spiro atoms. The van der Waals surface area contributed by atoms with Crippen LogP contribution in [0.3, 0.4) is 0 Å². The Morgan fingerprint density at radius 1 is 1.02 bits per heavy atom. The van der Waals surface area contributed by atoms with E-state index in [0.29, 0.717) is 78.5 Å². The molecule has 2 N–H and O–H groups in total. The highest BCUT2D eigenvalue weighted by molar-refractivity contribution is 6.05. The van der Waals surface area contributed by atoms with E-state index in [1.54, 1.807) is 25.3 Å². The molecule has 12 rings (SSSR count). The van der Waals surface area contributed by atoms with E-state index in [0.717, 1.165) is 28.8 Å². The fourth-order valence-corrected chi connectivity index (χ4v) is 13.5. The van der Waals surface area contributed by atoms with Crippen LogP contribution < -0.4 is 10.1 Å². The molecule has 0 radical (unpaired) electrons. The third-order valence-electron chi connectivity index (χ3n) is 15.0. The van der Waals surface area contributed by atoms with Crippen molar-refractivity contribution in [2.45, 2.75) is 62.9 Å². The number of pyridine rings is 1. The summed E-state index contributed by atoms with van der Waals surface area (Å²) in [5.74, 6) is 3.22. The number of methoxy groups -OCH3 is 1. The second-order valence-electron chi connectivity index (χ2n) is 17.2. The maximum Gasteiger partial charge on any atom is 0.255 e. The smallest absolute Gasteiger partial charge is 0.255 e. The summed E-state index contributed by atoms with van der Waals surface area (Å²) in [5, 5.41) is 14.1. The number of rotatable bonds is 9. The quantitative estimate of drug-likeness (QED) is 0.328. The summed E-state index contributed by atoms with van der Waals surface area (Å²) in [7, 11) is 1.68. The van der Waals surface area contributed by atoms with E-state index in [9.17, 15) is 19.5 Å². The molecule has 4 heterocycles. The second kappa shape index (κ2) is 9.73. The number of aromatic nitrogens is 1. The number of carbonyl (C=O) groups is 3. The van der Waals surface area contributed by atoms with Gasteiger partial charge in [0.2, 0.25) is 11.8 Å². The third kappa shape index (κ3) is 3.45. The van der Waals surface area contributed by atoms with Crippen molar-refractivity contribution in [1.29, 1.82) is 0 Å². The van der Waals surface area contributed by atoms with Gasteiger partial charge < -0.3 is 19.5 Å². The first-order valence-electron chi connectivity index (χ1n) is 18.5. The summed E-state index contributed by atoms with van der Waals surface area (Å²) in [6.07, 6.45) is 0.355. The molecule has 9 aliphatic rings. The van der Waals surface area contributed by atoms with Crippen LogP contribution in [0, 0.1) is 52.7 Å². The van der Waals surface area contributed by atoms with E-state index in [1.165, 1.54) is 4.90 Å². The number of likely N-dealkylation sites (tertiary alicyclic amines) is 1. The molecule has 0 bridgehead atoms. The minimum absolute atomic E-state index is 0.0896. The third-order valence-corrected chi connectivity index (χ3v) is 15.0. The van der Waals surface area contributed by atoms with Crippen molar-refractivity contribution in [2.24, 2.45) is 46.8 Å². The van der Waals surface area contributed by atoms with Crippen LogP contribution in [0.25, 0.3) is 10.9 Å². The van der Waals surface area contributed by atoms with Crippen molar-refractivity contribution in [2.75, 3.05) is 26.8 Å². The van der Waals surface area contributed by atoms with Gasteiger partial charge in [-0.3, -0.25) is 24.6 Å². The Balaban J connectivity index is 0.778. The number of ether oxygens (including phenoxy) is 2. The van der Waals surface area contributed by atoms with Gasteiger partial charge in [-0.25, -0.2) is 9.37 Å². The Labute approximate surface area is 294 Å². The SMILES string of the molecule is COC[C@@H]1CN(Cc2cc(F)c3nc(C45C6C7C4C4C5C6C74C(C)(C)O)ccc3c2)C[C@H]1Oc1ccc2c(c1)CN([C@H]1CCC(=O)NC1=O)C2=O. The van der Waals surface area contributed by atoms with Crippen molar-refractivity contribution in [1.82, 2.24) is 20.1 Å². The van der Waals surface area contributed by atoms with Gasteiger partial charge in [-0.05, 0) is 103 Å². The first kappa shape index (κ1) is 30.7. The van der Waals surface area contributed by atoms with Crippen LogP contribution in [0.1, 0.15) is 53.9 Å². The van der Waals surface area contributed by atoms with Crippen molar-refractivity contribution in [3.8, 4) is 5.75 Å². The fourth-order valence-electron chi connectivity index (χ4n) is 13.5. The molecule has 51 heavy (non-hydrogen) atoms. The first-order valence-corrected chi connectivity index (χ1v) is 18.5. The van der Waals surface area contributed by atoms with Crippen LogP contribution in [0.4, 0.5) is 4.39 Å². The zero-order chi connectivity index (χ0) is 34.9. The van der Waals surface area contributed by atoms with E-state index in [-0.39, 0.29) is 53.4 Å². The number of nitrogens with one attached hydrogen (secondary N) is 1. The Morgan fingerprint density at radius 2 is 1.78 bits per heavy atom. The van der Waals surface area contributed by atoms with Crippen LogP contribution in [0.5, 0.6) is 5.75 Å². The van der Waals surface area contributed by atoms with Gasteiger partial charge in [0.1, 0.15) is 29.2 Å². The number of amides is 3. The number of carbonyl (C=O) groups excluding carboxylic acids is 3. The lowest BCUT2D eigenvalue weighted by Gasteiger charge is -3.12. The van der Waals surface area contributed by atoms with Crippen LogP contribution in [-0.4, -0.2) is 82.2 Å². The average Bonchev–Trinajstić information content (AvgIpc) is 3.62. The summed E-state index contributed by atoms with van der Waals surface area (Å²) in [6, 6.07) is 12.7. The largest absolute Gasteiger partial charge is 0.489 e. The maximum absolute atomic E-state index is 15.8. The minimum Gasteiger partial charge on any atom is -0.489 e. The Morgan fingerprint density at radius 3 is 2.49 bits per heavy atom. The summed E-state index contributed by atoms with van der Waals surface area (Å²) < 4.78 is 27.9. The number of fused-ring (bicyclic) bond motifs is 2. The van der Waals surface area contributed by atoms with E-state index < -0.39 is 17.6 Å². The number of halogens is 1. The number of hydrogen-bond donors (Lipinski definition) is 2. The van der Waals surface area contributed by atoms with Crippen molar-refractivity contribution >= 4 is 28.6 Å². The van der Waals surface area contributed by atoms with Crippen molar-refractivity contribution in [3.63, 3.8) is 0 Å². The Hall–Kier alpha value is -3.93. The highest BCUT2D eigenvalue weighted by Gasteiger charge is 3.11. The molecular formula is C40H41FN4O6. The van der Waals surface area contributed by atoms with Crippen molar-refractivity contribution < 1.29 is 33.4 Å². The number of piperidine rings is 1. The van der Waals surface area contributed by atoms with E-state index in [1.807, 2.05) is 19.9 Å². The molecule has 3 atom stereocenters. The highest BCUT2D eigenvalue weighted by atomic mass is 19.1. The number of hydrogen-bond acceptors (Lipinski definition) is 8. The molecular weight excluding hydrogens is 651 g/mol. The summed E-state index contributed by atoms with van der Waals surface area (Å²) >= 11 is 0. The molecule has 264 valence electrons. The van der Waals surface area contributed by atoms with Gasteiger partial charge >= 0.3 is 0 Å². The predicted molar refractivity (Wildman–Crippen MR) is 181 cm³/mol. The lowest BCUT2D eigenvalue weighted by atomic mass is 8.91. The number of imide groups is 1. The summed E-state index contributed by atoms with van der Waals surface area (Å²) in [4.78, 5) is 46.1. The van der Waals surface area contributed by atoms with E-state index in [4.69, 9.17) is 14.5 Å². The van der Waals surface area contributed by atoms with Gasteiger partial charge in [0.15, 0.2) is 0 Å². The zero-order valence-corrected chi connectivity index (χ0v) is 28.9. The van der Waals surface area contributed by atoms with Gasteiger partial charge in [-0.15, -0.1) is 0 Å². The Bertz CT molecular complexity index is 2060. The van der Waals surface area contributed by atoms with Gasteiger partial charge in [0, 0.05) is 73.1 Å². The second-order valence-corrected chi connectivity index (χ2v) is 17.2. The number of nitrogens with zero attached hydrogens (tertiary/aromatic N) is 3. The molecule has 6 saturated carbocycles. The average molecular weight is 693 g/mol. The molecule has 0 unspecified atom stereocenters. The first-order chi connectivity index (χ1) is 24.5. The summed E-state index contributed by atoms with van der Waals surface area (Å²) in [6.45, 7) is 6.71. The standard InChI is InChI=1S/C40H41FN4O6/c1-38(2,49)40-32-29-33(40)31-34(40)30(32)39(29,31)27-8-4-19-10-18(11-24(41)35(19)42-27)13-44-14-21(17-50-3)26(16-44)51-22-5-6-23-20(12-22)15-45(37(23)48)25-7-9-28(46)43-36(25)47/h4-6,8,10-12,21,25-26,29-34,49H,7,9,13-17H2,1-3H3,(H,43,46,47)/t21-,25-,26+,29?,30?,31?,32?,33?,34?,39?,40?/m0/s1. The molecule has 10 nitrogen and oxygen atoms in total. The normalized spacial score (nSPS) is 39.4. The van der Waals surface area contributed by atoms with Crippen LogP contribution in [0.2, 0.25) is 0 Å². The van der Waals surface area contributed by atoms with Gasteiger partial charge in [-0.1, -0.05) is 6.07 Å². The summed E-state index contributed by atoms with van der Waals surface area (Å²) in [5.41, 5.74) is 3.41. The van der Waals surface area contributed by atoms with Gasteiger partial charge in [-0.2, -0.15) is 0 Å². The van der Waals surface area contributed by atoms with Crippen molar-refractivity contribution in [3.05, 3.63) is 70.7 Å². The van der Waals surface area contributed by atoms with Crippen LogP contribution in [0.15, 0.2) is 42.5 Å². The number of aliphatic hydroxyl groups is 1. The molecule has 6 aliphatic carbocycles. The molecule has 3 aromatic rings. The number of benzene rings is 2. The molecule has 11 heteroatoms. The fraction of sp³-hybridized carbons (Fsp3) is 0.550. The molecule has 8 fully saturated rings. The monoisotopic (exact) mass is 692 g/mol. The molecule has 2 saturated heterocycles. The molecule has 3 aliphatic heterocycles. The minimum atomic E-state index is -0.665. The zero-order valence-electron chi connectivity index (χ0n) is 28.9. The lowest BCUT2D eigenvalue weighted by Crippen LogP contribution is -3.13. The van der Waals surface area contributed by atoms with Crippen LogP contribution >= 0.6 is 0 Å². The van der Waals surface area contributed by atoms with E-state index >= 15 is 4.39 Å². The molecule has 1 aromatic heterocycles. The van der Waals surface area contributed by atoms with Crippen LogP contribution in [-0.2, 0) is 32.8 Å². The Kier molecular flexibility index (Phi) is 5.85. The predicted octanol–water partition coefficient (Wildman–Crippen LogP) is 3.42. The van der Waals surface area contributed by atoms with Gasteiger partial charge in [0.25, 0.3) is 5.91 Å². The lowest BCUT2D eigenvalue weighted by molar-refractivity contribution is -0.649. The highest BCUT2D eigenvalue weighted by Crippen LogP contribution is 3.11. The van der Waals surface area contributed by atoms with Gasteiger partial charge in [0.05, 0.1) is 12.2 Å². The maximum atomic E-state index is 15.8. The molecule has 2 aromatic carbocycles.